The van der Waals surface area contributed by atoms with Crippen molar-refractivity contribution in [2.24, 2.45) is 0 Å². The molecule has 0 atom stereocenters. The number of nitrogen functional groups attached to an aromatic ring is 1. The summed E-state index contributed by atoms with van der Waals surface area (Å²) in [6.45, 7) is 7.55. The van der Waals surface area contributed by atoms with Gasteiger partial charge in [0.05, 0.1) is 12.5 Å². The second-order valence-corrected chi connectivity index (χ2v) is 4.21. The van der Waals surface area contributed by atoms with E-state index in [1.807, 2.05) is 6.92 Å². The van der Waals surface area contributed by atoms with E-state index in [1.54, 1.807) is 0 Å². The smallest absolute Gasteiger partial charge is 0.137 e. The molecule has 0 saturated carbocycles. The van der Waals surface area contributed by atoms with Crippen molar-refractivity contribution < 1.29 is 0 Å². The number of aromatic nitrogens is 2. The van der Waals surface area contributed by atoms with Gasteiger partial charge >= 0.3 is 0 Å². The molecular formula is C13H21N5. The molecule has 1 heterocycles. The van der Waals surface area contributed by atoms with E-state index in [4.69, 9.17) is 11.0 Å². The molecule has 5 heteroatoms. The Morgan fingerprint density at radius 1 is 1.33 bits per heavy atom. The van der Waals surface area contributed by atoms with Gasteiger partial charge in [0.2, 0.25) is 0 Å². The van der Waals surface area contributed by atoms with Crippen LogP contribution >= 0.6 is 0 Å². The van der Waals surface area contributed by atoms with Crippen molar-refractivity contribution >= 4 is 11.6 Å². The molecule has 0 aromatic carbocycles. The number of nitriles is 1. The fraction of sp³-hybridized carbons (Fsp3) is 0.615. The van der Waals surface area contributed by atoms with Gasteiger partial charge in [-0.15, -0.1) is 0 Å². The third-order valence-corrected chi connectivity index (χ3v) is 2.85. The van der Waals surface area contributed by atoms with Crippen LogP contribution in [-0.4, -0.2) is 23.1 Å². The molecule has 0 unspecified atom stereocenters. The first-order valence-electron chi connectivity index (χ1n) is 6.38. The first-order chi connectivity index (χ1) is 8.63. The lowest BCUT2D eigenvalue weighted by Gasteiger charge is -2.23. The molecule has 2 N–H and O–H groups in total. The minimum atomic E-state index is 0.486. The van der Waals surface area contributed by atoms with E-state index < -0.39 is 0 Å². The molecule has 1 rings (SSSR count). The summed E-state index contributed by atoms with van der Waals surface area (Å²) >= 11 is 0. The number of hydrogen-bond donors (Lipinski definition) is 1. The van der Waals surface area contributed by atoms with Crippen LogP contribution in [0.25, 0.3) is 0 Å². The van der Waals surface area contributed by atoms with Gasteiger partial charge in [-0.3, -0.25) is 0 Å². The Hall–Kier alpha value is -1.83. The van der Waals surface area contributed by atoms with E-state index >= 15 is 0 Å². The number of rotatable bonds is 6. The average molecular weight is 247 g/mol. The zero-order valence-electron chi connectivity index (χ0n) is 11.4. The molecule has 98 valence electrons. The van der Waals surface area contributed by atoms with Crippen LogP contribution in [0.15, 0.2) is 0 Å². The Balaban J connectivity index is 3.07. The van der Waals surface area contributed by atoms with Crippen LogP contribution in [0.4, 0.5) is 11.6 Å². The first-order valence-corrected chi connectivity index (χ1v) is 6.38. The molecule has 18 heavy (non-hydrogen) atoms. The second kappa shape index (κ2) is 6.80. The number of nitrogens with zero attached hydrogens (tertiary/aromatic N) is 4. The highest BCUT2D eigenvalue weighted by Crippen LogP contribution is 2.22. The van der Waals surface area contributed by atoms with Crippen LogP contribution in [0.1, 0.15) is 38.1 Å². The maximum Gasteiger partial charge on any atom is 0.137 e. The quantitative estimate of drug-likeness (QED) is 0.832. The van der Waals surface area contributed by atoms with Gasteiger partial charge in [-0.25, -0.2) is 9.97 Å². The van der Waals surface area contributed by atoms with Crippen molar-refractivity contribution in [3.8, 4) is 6.07 Å². The highest BCUT2D eigenvalue weighted by molar-refractivity contribution is 5.56. The Morgan fingerprint density at radius 3 is 2.61 bits per heavy atom. The van der Waals surface area contributed by atoms with Crippen LogP contribution < -0.4 is 10.6 Å². The summed E-state index contributed by atoms with van der Waals surface area (Å²) in [5, 5.41) is 8.69. The van der Waals surface area contributed by atoms with Gasteiger partial charge < -0.3 is 10.6 Å². The van der Waals surface area contributed by atoms with Crippen LogP contribution in [0.3, 0.4) is 0 Å². The summed E-state index contributed by atoms with van der Waals surface area (Å²) in [5.41, 5.74) is 6.83. The standard InChI is InChI=1S/C13H21N5/c1-4-7-11-16-12(15)10(3)13(17-11)18(5-2)9-6-8-14/h4-7,9H2,1-3H3,(H2,15,16,17). The van der Waals surface area contributed by atoms with Crippen molar-refractivity contribution in [1.82, 2.24) is 9.97 Å². The average Bonchev–Trinajstić information content (AvgIpc) is 2.36. The minimum absolute atomic E-state index is 0.486. The van der Waals surface area contributed by atoms with E-state index in [1.165, 1.54) is 0 Å². The molecule has 5 nitrogen and oxygen atoms in total. The van der Waals surface area contributed by atoms with Gasteiger partial charge in [0, 0.05) is 25.1 Å². The van der Waals surface area contributed by atoms with Crippen molar-refractivity contribution in [1.29, 1.82) is 5.26 Å². The molecule has 1 aromatic rings. The Morgan fingerprint density at radius 2 is 2.06 bits per heavy atom. The summed E-state index contributed by atoms with van der Waals surface area (Å²) in [7, 11) is 0. The summed E-state index contributed by atoms with van der Waals surface area (Å²) in [4.78, 5) is 10.9. The number of aryl methyl sites for hydroxylation is 1. The molecular weight excluding hydrogens is 226 g/mol. The highest BCUT2D eigenvalue weighted by Gasteiger charge is 2.13. The molecule has 0 fully saturated rings. The topological polar surface area (TPSA) is 78.8 Å². The molecule has 1 aromatic heterocycles. The fourth-order valence-corrected chi connectivity index (χ4v) is 1.81. The zero-order chi connectivity index (χ0) is 13.5. The van der Waals surface area contributed by atoms with E-state index in [0.717, 1.165) is 36.6 Å². The number of nitrogens with two attached hydrogens (primary N) is 1. The number of anilines is 2. The minimum Gasteiger partial charge on any atom is -0.383 e. The van der Waals surface area contributed by atoms with Gasteiger partial charge in [-0.1, -0.05) is 6.92 Å². The summed E-state index contributed by atoms with van der Waals surface area (Å²) in [5.74, 6) is 2.19. The molecule has 0 aliphatic carbocycles. The van der Waals surface area contributed by atoms with Crippen molar-refractivity contribution in [3.63, 3.8) is 0 Å². The third-order valence-electron chi connectivity index (χ3n) is 2.85. The van der Waals surface area contributed by atoms with Gasteiger partial charge in [0.25, 0.3) is 0 Å². The fourth-order valence-electron chi connectivity index (χ4n) is 1.81. The predicted octanol–water partition coefficient (Wildman–Crippen LogP) is 2.06. The molecule has 0 bridgehead atoms. The first kappa shape index (κ1) is 14.2. The van der Waals surface area contributed by atoms with Gasteiger partial charge in [0.1, 0.15) is 17.5 Å². The lowest BCUT2D eigenvalue weighted by atomic mass is 10.2. The third kappa shape index (κ3) is 3.33. The SMILES string of the molecule is CCCc1nc(N)c(C)c(N(CC)CCC#N)n1. The predicted molar refractivity (Wildman–Crippen MR) is 73.3 cm³/mol. The second-order valence-electron chi connectivity index (χ2n) is 4.21. The van der Waals surface area contributed by atoms with Crippen molar-refractivity contribution in [2.45, 2.75) is 40.0 Å². The normalized spacial score (nSPS) is 10.1. The lowest BCUT2D eigenvalue weighted by molar-refractivity contribution is 0.776. The largest absolute Gasteiger partial charge is 0.383 e. The van der Waals surface area contributed by atoms with Crippen molar-refractivity contribution in [3.05, 3.63) is 11.4 Å². The number of hydrogen-bond acceptors (Lipinski definition) is 5. The van der Waals surface area contributed by atoms with Crippen LogP contribution in [0.5, 0.6) is 0 Å². The van der Waals surface area contributed by atoms with Gasteiger partial charge in [-0.05, 0) is 20.3 Å². The summed E-state index contributed by atoms with van der Waals surface area (Å²) < 4.78 is 0. The van der Waals surface area contributed by atoms with Crippen LogP contribution in [0.2, 0.25) is 0 Å². The molecule has 0 saturated heterocycles. The van der Waals surface area contributed by atoms with E-state index in [-0.39, 0.29) is 0 Å². The van der Waals surface area contributed by atoms with E-state index in [0.29, 0.717) is 18.8 Å². The van der Waals surface area contributed by atoms with Crippen LogP contribution in [-0.2, 0) is 6.42 Å². The van der Waals surface area contributed by atoms with E-state index in [2.05, 4.69) is 34.8 Å². The van der Waals surface area contributed by atoms with Crippen LogP contribution in [0, 0.1) is 18.3 Å². The molecule has 0 radical (unpaired) electrons. The maximum absolute atomic E-state index is 8.69. The highest BCUT2D eigenvalue weighted by atomic mass is 15.2. The molecule has 0 amide bonds. The molecule has 0 spiro atoms. The van der Waals surface area contributed by atoms with Gasteiger partial charge in [0.15, 0.2) is 0 Å². The Labute approximate surface area is 109 Å². The van der Waals surface area contributed by atoms with Crippen molar-refractivity contribution in [2.75, 3.05) is 23.7 Å². The molecule has 0 aliphatic heterocycles. The maximum atomic E-state index is 8.69. The lowest BCUT2D eigenvalue weighted by Crippen LogP contribution is -2.26. The summed E-state index contributed by atoms with van der Waals surface area (Å²) in [6.07, 6.45) is 2.31. The van der Waals surface area contributed by atoms with Gasteiger partial charge in [-0.2, -0.15) is 5.26 Å². The van der Waals surface area contributed by atoms with E-state index in [9.17, 15) is 0 Å². The Bertz CT molecular complexity index is 436. The monoisotopic (exact) mass is 247 g/mol. The summed E-state index contributed by atoms with van der Waals surface area (Å²) in [6, 6.07) is 2.16. The Kier molecular flexibility index (Phi) is 5.37. The molecule has 0 aliphatic rings. The zero-order valence-corrected chi connectivity index (χ0v) is 11.4.